The molecule has 0 atom stereocenters. The lowest BCUT2D eigenvalue weighted by atomic mass is 10.2. The molecule has 1 amide bonds. The van der Waals surface area contributed by atoms with Crippen molar-refractivity contribution in [2.24, 2.45) is 5.10 Å². The number of amides is 1. The van der Waals surface area contributed by atoms with Crippen LogP contribution in [0.15, 0.2) is 40.8 Å². The van der Waals surface area contributed by atoms with Gasteiger partial charge in [-0.3, -0.25) is 4.79 Å². The van der Waals surface area contributed by atoms with E-state index in [1.54, 1.807) is 18.2 Å². The van der Waals surface area contributed by atoms with Crippen LogP contribution < -0.4 is 5.43 Å². The monoisotopic (exact) mass is 312 g/mol. The largest absolute Gasteiger partial charge is 0.273 e. The Hall–Kier alpha value is -1.36. The van der Waals surface area contributed by atoms with E-state index in [-0.39, 0.29) is 5.91 Å². The molecule has 0 bridgehead atoms. The molecule has 0 aliphatic heterocycles. The number of hydrogen-bond donors (Lipinski definition) is 1. The molecule has 6 heteroatoms. The molecule has 0 unspecified atom stereocenters. The van der Waals surface area contributed by atoms with Gasteiger partial charge in [0, 0.05) is 10.4 Å². The standard InChI is InChI=1S/C13H10Cl2N2OS/c14-11-5-1-3-9(13(11)15)8-16-17-12(18)7-10-4-2-6-19-10/h1-6,8H,7H2,(H,17,18). The number of carbonyl (C=O) groups excluding carboxylic acids is 1. The molecule has 0 aliphatic rings. The Kier molecular flexibility index (Phi) is 4.96. The quantitative estimate of drug-likeness (QED) is 0.678. The van der Waals surface area contributed by atoms with Gasteiger partial charge in [0.1, 0.15) is 0 Å². The average Bonchev–Trinajstić information content (AvgIpc) is 2.87. The van der Waals surface area contributed by atoms with Gasteiger partial charge in [0.25, 0.3) is 0 Å². The summed E-state index contributed by atoms with van der Waals surface area (Å²) in [5.41, 5.74) is 3.11. The lowest BCUT2D eigenvalue weighted by Crippen LogP contribution is -2.19. The number of benzene rings is 1. The molecule has 0 saturated carbocycles. The van der Waals surface area contributed by atoms with Gasteiger partial charge in [-0.1, -0.05) is 41.4 Å². The molecule has 0 radical (unpaired) electrons. The number of carbonyl (C=O) groups is 1. The average molecular weight is 313 g/mol. The van der Waals surface area contributed by atoms with E-state index in [9.17, 15) is 4.79 Å². The number of rotatable bonds is 4. The highest BCUT2D eigenvalue weighted by atomic mass is 35.5. The van der Waals surface area contributed by atoms with Crippen molar-refractivity contribution >= 4 is 46.7 Å². The number of nitrogens with zero attached hydrogens (tertiary/aromatic N) is 1. The van der Waals surface area contributed by atoms with E-state index in [1.165, 1.54) is 17.6 Å². The van der Waals surface area contributed by atoms with Gasteiger partial charge in [0.2, 0.25) is 5.91 Å². The van der Waals surface area contributed by atoms with Gasteiger partial charge in [0.05, 0.1) is 22.7 Å². The molecule has 98 valence electrons. The summed E-state index contributed by atoms with van der Waals surface area (Å²) in [6.45, 7) is 0. The van der Waals surface area contributed by atoms with Crippen molar-refractivity contribution in [3.05, 3.63) is 56.2 Å². The summed E-state index contributed by atoms with van der Waals surface area (Å²) < 4.78 is 0. The van der Waals surface area contributed by atoms with Crippen LogP contribution in [0.3, 0.4) is 0 Å². The summed E-state index contributed by atoms with van der Waals surface area (Å²) in [6.07, 6.45) is 1.79. The van der Waals surface area contributed by atoms with Crippen molar-refractivity contribution in [3.63, 3.8) is 0 Å². The Morgan fingerprint density at radius 3 is 2.89 bits per heavy atom. The molecule has 0 fully saturated rings. The summed E-state index contributed by atoms with van der Waals surface area (Å²) in [6, 6.07) is 9.03. The van der Waals surface area contributed by atoms with Crippen LogP contribution in [0.2, 0.25) is 10.0 Å². The summed E-state index contributed by atoms with van der Waals surface area (Å²) in [5.74, 6) is -0.170. The second-order valence-electron chi connectivity index (χ2n) is 3.69. The molecule has 3 nitrogen and oxygen atoms in total. The molecule has 1 aromatic heterocycles. The fourth-order valence-corrected chi connectivity index (χ4v) is 2.47. The van der Waals surface area contributed by atoms with Crippen LogP contribution >= 0.6 is 34.5 Å². The molecule has 2 rings (SSSR count). The predicted octanol–water partition coefficient (Wildman–Crippen LogP) is 3.75. The molecule has 0 saturated heterocycles. The van der Waals surface area contributed by atoms with Crippen LogP contribution in [0.5, 0.6) is 0 Å². The van der Waals surface area contributed by atoms with Crippen molar-refractivity contribution in [1.82, 2.24) is 5.43 Å². The fraction of sp³-hybridized carbons (Fsp3) is 0.0769. The van der Waals surface area contributed by atoms with E-state index in [0.29, 0.717) is 22.0 Å². The lowest BCUT2D eigenvalue weighted by molar-refractivity contribution is -0.120. The maximum Gasteiger partial charge on any atom is 0.245 e. The van der Waals surface area contributed by atoms with Crippen molar-refractivity contribution in [3.8, 4) is 0 Å². The minimum atomic E-state index is -0.170. The summed E-state index contributed by atoms with van der Waals surface area (Å²) in [4.78, 5) is 12.6. The summed E-state index contributed by atoms with van der Waals surface area (Å²) in [7, 11) is 0. The highest BCUT2D eigenvalue weighted by molar-refractivity contribution is 7.10. The number of nitrogens with one attached hydrogen (secondary N) is 1. The SMILES string of the molecule is O=C(Cc1cccs1)NN=Cc1cccc(Cl)c1Cl. The van der Waals surface area contributed by atoms with E-state index in [1.807, 2.05) is 17.5 Å². The first-order valence-electron chi connectivity index (χ1n) is 5.45. The van der Waals surface area contributed by atoms with E-state index in [2.05, 4.69) is 10.5 Å². The van der Waals surface area contributed by atoms with Crippen molar-refractivity contribution in [1.29, 1.82) is 0 Å². The van der Waals surface area contributed by atoms with Crippen LogP contribution in [-0.2, 0) is 11.2 Å². The number of hydrazone groups is 1. The van der Waals surface area contributed by atoms with Gasteiger partial charge in [-0.2, -0.15) is 5.10 Å². The van der Waals surface area contributed by atoms with Gasteiger partial charge in [-0.15, -0.1) is 11.3 Å². The Morgan fingerprint density at radius 1 is 1.32 bits per heavy atom. The first-order chi connectivity index (χ1) is 9.16. The molecule has 1 N–H and O–H groups in total. The van der Waals surface area contributed by atoms with Crippen LogP contribution in [0, 0.1) is 0 Å². The van der Waals surface area contributed by atoms with E-state index >= 15 is 0 Å². The molecule has 2 aromatic rings. The van der Waals surface area contributed by atoms with Gasteiger partial charge >= 0.3 is 0 Å². The van der Waals surface area contributed by atoms with E-state index < -0.39 is 0 Å². The van der Waals surface area contributed by atoms with Crippen molar-refractivity contribution in [2.75, 3.05) is 0 Å². The number of thiophene rings is 1. The van der Waals surface area contributed by atoms with Crippen molar-refractivity contribution in [2.45, 2.75) is 6.42 Å². The zero-order valence-electron chi connectivity index (χ0n) is 9.77. The second kappa shape index (κ2) is 6.70. The van der Waals surface area contributed by atoms with Gasteiger partial charge < -0.3 is 0 Å². The Bertz CT molecular complexity index is 597. The Labute approximate surface area is 124 Å². The van der Waals surface area contributed by atoms with Crippen LogP contribution in [0.1, 0.15) is 10.4 Å². The molecule has 1 heterocycles. The minimum Gasteiger partial charge on any atom is -0.273 e. The van der Waals surface area contributed by atoms with Gasteiger partial charge in [0.15, 0.2) is 0 Å². The summed E-state index contributed by atoms with van der Waals surface area (Å²) >= 11 is 13.4. The van der Waals surface area contributed by atoms with E-state index in [0.717, 1.165) is 4.88 Å². The highest BCUT2D eigenvalue weighted by Crippen LogP contribution is 2.24. The maximum atomic E-state index is 11.6. The fourth-order valence-electron chi connectivity index (χ4n) is 1.40. The lowest BCUT2D eigenvalue weighted by Gasteiger charge is -2.00. The summed E-state index contributed by atoms with van der Waals surface area (Å²) in [5, 5.41) is 6.66. The first-order valence-corrected chi connectivity index (χ1v) is 7.08. The molecule has 1 aromatic carbocycles. The predicted molar refractivity (Wildman–Crippen MR) is 80.2 cm³/mol. The normalized spacial score (nSPS) is 10.8. The highest BCUT2D eigenvalue weighted by Gasteiger charge is 2.03. The molecule has 19 heavy (non-hydrogen) atoms. The van der Waals surface area contributed by atoms with Gasteiger partial charge in [-0.05, 0) is 17.5 Å². The number of halogens is 2. The Morgan fingerprint density at radius 2 is 2.16 bits per heavy atom. The maximum absolute atomic E-state index is 11.6. The third-order valence-corrected chi connectivity index (χ3v) is 4.00. The number of hydrogen-bond acceptors (Lipinski definition) is 3. The smallest absolute Gasteiger partial charge is 0.245 e. The first kappa shape index (κ1) is 14.1. The topological polar surface area (TPSA) is 41.5 Å². The van der Waals surface area contributed by atoms with E-state index in [4.69, 9.17) is 23.2 Å². The van der Waals surface area contributed by atoms with Crippen LogP contribution in [0.4, 0.5) is 0 Å². The van der Waals surface area contributed by atoms with Crippen molar-refractivity contribution < 1.29 is 4.79 Å². The molecule has 0 spiro atoms. The Balaban J connectivity index is 1.93. The molecular formula is C13H10Cl2N2OS. The molecular weight excluding hydrogens is 303 g/mol. The zero-order valence-corrected chi connectivity index (χ0v) is 12.1. The third-order valence-electron chi connectivity index (χ3n) is 2.29. The minimum absolute atomic E-state index is 0.170. The van der Waals surface area contributed by atoms with Gasteiger partial charge in [-0.25, -0.2) is 5.43 Å². The second-order valence-corrected chi connectivity index (χ2v) is 5.51. The third kappa shape index (κ3) is 4.06. The zero-order chi connectivity index (χ0) is 13.7. The van der Waals surface area contributed by atoms with Crippen LogP contribution in [-0.4, -0.2) is 12.1 Å². The van der Waals surface area contributed by atoms with Crippen LogP contribution in [0.25, 0.3) is 0 Å². The molecule has 0 aliphatic carbocycles.